The van der Waals surface area contributed by atoms with E-state index in [2.05, 4.69) is 42.3 Å². The Kier molecular flexibility index (Phi) is 5.19. The van der Waals surface area contributed by atoms with Crippen LogP contribution in [0.2, 0.25) is 0 Å². The van der Waals surface area contributed by atoms with E-state index in [0.717, 1.165) is 5.56 Å². The summed E-state index contributed by atoms with van der Waals surface area (Å²) in [6.45, 7) is 5.35. The van der Waals surface area contributed by atoms with Gasteiger partial charge in [0.05, 0.1) is 5.69 Å². The van der Waals surface area contributed by atoms with E-state index in [4.69, 9.17) is 10.5 Å². The van der Waals surface area contributed by atoms with Crippen molar-refractivity contribution in [3.63, 3.8) is 0 Å². The lowest BCUT2D eigenvalue weighted by molar-refractivity contribution is 0.294. The zero-order chi connectivity index (χ0) is 17.6. The predicted octanol–water partition coefficient (Wildman–Crippen LogP) is 4.47. The van der Waals surface area contributed by atoms with Gasteiger partial charge in [-0.2, -0.15) is 4.98 Å². The Morgan fingerprint density at radius 1 is 1.00 bits per heavy atom. The van der Waals surface area contributed by atoms with Crippen molar-refractivity contribution in [1.82, 2.24) is 4.98 Å². The summed E-state index contributed by atoms with van der Waals surface area (Å²) in [7, 11) is 0. The fourth-order valence-electron chi connectivity index (χ4n) is 2.58. The van der Waals surface area contributed by atoms with Crippen LogP contribution in [0.15, 0.2) is 60.7 Å². The maximum absolute atomic E-state index is 6.05. The number of aryl methyl sites for hydroxylation is 2. The molecule has 0 atom stereocenters. The van der Waals surface area contributed by atoms with Crippen molar-refractivity contribution in [3.05, 3.63) is 82.9 Å². The second-order valence-corrected chi connectivity index (χ2v) is 6.15. The third kappa shape index (κ3) is 4.51. The van der Waals surface area contributed by atoms with E-state index in [-0.39, 0.29) is 0 Å². The lowest BCUT2D eigenvalue weighted by Crippen LogP contribution is -2.07. The minimum atomic E-state index is 0.480. The molecule has 3 aromatic rings. The van der Waals surface area contributed by atoms with Crippen LogP contribution in [0.4, 0.5) is 11.5 Å². The summed E-state index contributed by atoms with van der Waals surface area (Å²) >= 11 is 0. The number of ether oxygens (including phenoxy) is 1. The highest BCUT2D eigenvalue weighted by molar-refractivity contribution is 5.62. The fraction of sp³-hybridized carbons (Fsp3) is 0.190. The van der Waals surface area contributed by atoms with Gasteiger partial charge < -0.3 is 15.8 Å². The largest absolute Gasteiger partial charge is 0.473 e. The van der Waals surface area contributed by atoms with Crippen molar-refractivity contribution in [2.45, 2.75) is 27.0 Å². The Balaban J connectivity index is 1.68. The van der Waals surface area contributed by atoms with Crippen LogP contribution in [0.25, 0.3) is 0 Å². The molecule has 0 bridgehead atoms. The third-order valence-electron chi connectivity index (χ3n) is 4.08. The zero-order valence-corrected chi connectivity index (χ0v) is 14.6. The van der Waals surface area contributed by atoms with Gasteiger partial charge in [0, 0.05) is 12.6 Å². The number of nitrogen functional groups attached to an aromatic ring is 1. The molecule has 3 rings (SSSR count). The van der Waals surface area contributed by atoms with E-state index in [1.165, 1.54) is 16.7 Å². The SMILES string of the molecule is Cc1ccc(C)c(CNc2nc(OCc3ccccc3)ccc2N)c1. The minimum Gasteiger partial charge on any atom is -0.473 e. The highest BCUT2D eigenvalue weighted by Gasteiger charge is 2.06. The molecule has 0 saturated carbocycles. The third-order valence-corrected chi connectivity index (χ3v) is 4.08. The molecule has 128 valence electrons. The summed E-state index contributed by atoms with van der Waals surface area (Å²) in [6.07, 6.45) is 0. The topological polar surface area (TPSA) is 60.2 Å². The lowest BCUT2D eigenvalue weighted by Gasteiger charge is -2.13. The molecule has 2 aromatic carbocycles. The standard InChI is InChI=1S/C21H23N3O/c1-15-8-9-16(2)18(12-15)13-23-21-19(22)10-11-20(24-21)25-14-17-6-4-3-5-7-17/h3-12H,13-14,22H2,1-2H3,(H,23,24). The smallest absolute Gasteiger partial charge is 0.215 e. The molecule has 0 aliphatic rings. The number of hydrogen-bond donors (Lipinski definition) is 2. The molecular formula is C21H23N3O. The van der Waals surface area contributed by atoms with E-state index in [1.807, 2.05) is 36.4 Å². The maximum Gasteiger partial charge on any atom is 0.215 e. The van der Waals surface area contributed by atoms with Gasteiger partial charge in [-0.3, -0.25) is 0 Å². The number of nitrogens with zero attached hydrogens (tertiary/aromatic N) is 1. The Labute approximate surface area is 148 Å². The first-order valence-electron chi connectivity index (χ1n) is 8.35. The van der Waals surface area contributed by atoms with Crippen LogP contribution < -0.4 is 15.8 Å². The highest BCUT2D eigenvalue weighted by atomic mass is 16.5. The number of pyridine rings is 1. The fourth-order valence-corrected chi connectivity index (χ4v) is 2.58. The number of benzene rings is 2. The first-order valence-corrected chi connectivity index (χ1v) is 8.35. The molecule has 3 N–H and O–H groups in total. The Bertz CT molecular complexity index is 847. The monoisotopic (exact) mass is 333 g/mol. The molecule has 25 heavy (non-hydrogen) atoms. The number of nitrogens with one attached hydrogen (secondary N) is 1. The summed E-state index contributed by atoms with van der Waals surface area (Å²) < 4.78 is 5.78. The molecule has 0 spiro atoms. The number of aromatic nitrogens is 1. The van der Waals surface area contributed by atoms with Gasteiger partial charge in [0.25, 0.3) is 0 Å². The zero-order valence-electron chi connectivity index (χ0n) is 14.6. The van der Waals surface area contributed by atoms with Crippen LogP contribution in [0.5, 0.6) is 5.88 Å². The molecule has 0 fully saturated rings. The van der Waals surface area contributed by atoms with Crippen LogP contribution in [-0.2, 0) is 13.2 Å². The van der Waals surface area contributed by atoms with Gasteiger partial charge in [-0.05, 0) is 36.6 Å². The average Bonchev–Trinajstić information content (AvgIpc) is 2.63. The summed E-state index contributed by atoms with van der Waals surface area (Å²) in [5.74, 6) is 1.20. The summed E-state index contributed by atoms with van der Waals surface area (Å²) in [5, 5.41) is 3.32. The van der Waals surface area contributed by atoms with Gasteiger partial charge in [0.1, 0.15) is 6.61 Å². The molecule has 4 nitrogen and oxygen atoms in total. The van der Waals surface area contributed by atoms with E-state index >= 15 is 0 Å². The first-order chi connectivity index (χ1) is 12.1. The van der Waals surface area contributed by atoms with Gasteiger partial charge in [0.15, 0.2) is 5.82 Å². The van der Waals surface area contributed by atoms with Crippen molar-refractivity contribution in [3.8, 4) is 5.88 Å². The molecule has 0 radical (unpaired) electrons. The summed E-state index contributed by atoms with van der Waals surface area (Å²) in [5.41, 5.74) is 11.5. The van der Waals surface area contributed by atoms with E-state index in [0.29, 0.717) is 30.5 Å². The molecule has 4 heteroatoms. The predicted molar refractivity (Wildman–Crippen MR) is 103 cm³/mol. The molecule has 1 aromatic heterocycles. The van der Waals surface area contributed by atoms with Crippen LogP contribution in [0.1, 0.15) is 22.3 Å². The first kappa shape index (κ1) is 16.8. The van der Waals surface area contributed by atoms with Crippen LogP contribution in [-0.4, -0.2) is 4.98 Å². The van der Waals surface area contributed by atoms with Crippen LogP contribution in [0.3, 0.4) is 0 Å². The number of anilines is 2. The molecule has 0 amide bonds. The molecule has 0 saturated heterocycles. The van der Waals surface area contributed by atoms with Crippen molar-refractivity contribution >= 4 is 11.5 Å². The molecule has 0 unspecified atom stereocenters. The van der Waals surface area contributed by atoms with Gasteiger partial charge in [0.2, 0.25) is 5.88 Å². The molecule has 1 heterocycles. The van der Waals surface area contributed by atoms with Gasteiger partial charge in [-0.25, -0.2) is 0 Å². The second kappa shape index (κ2) is 7.71. The van der Waals surface area contributed by atoms with Crippen molar-refractivity contribution in [2.75, 3.05) is 11.1 Å². The number of rotatable bonds is 6. The summed E-state index contributed by atoms with van der Waals surface area (Å²) in [4.78, 5) is 4.50. The van der Waals surface area contributed by atoms with Gasteiger partial charge in [-0.1, -0.05) is 54.1 Å². The molecule has 0 aliphatic carbocycles. The van der Waals surface area contributed by atoms with Crippen LogP contribution >= 0.6 is 0 Å². The lowest BCUT2D eigenvalue weighted by atomic mass is 10.1. The second-order valence-electron chi connectivity index (χ2n) is 6.15. The van der Waals surface area contributed by atoms with E-state index < -0.39 is 0 Å². The Morgan fingerprint density at radius 2 is 1.80 bits per heavy atom. The molecule has 0 aliphatic heterocycles. The van der Waals surface area contributed by atoms with Crippen molar-refractivity contribution in [1.29, 1.82) is 0 Å². The molecular weight excluding hydrogens is 310 g/mol. The maximum atomic E-state index is 6.05. The van der Waals surface area contributed by atoms with Crippen molar-refractivity contribution < 1.29 is 4.74 Å². The van der Waals surface area contributed by atoms with Crippen molar-refractivity contribution in [2.24, 2.45) is 0 Å². The average molecular weight is 333 g/mol. The number of nitrogens with two attached hydrogens (primary N) is 1. The minimum absolute atomic E-state index is 0.480. The van der Waals surface area contributed by atoms with Crippen LogP contribution in [0, 0.1) is 13.8 Å². The Morgan fingerprint density at radius 3 is 2.60 bits per heavy atom. The van der Waals surface area contributed by atoms with Gasteiger partial charge in [-0.15, -0.1) is 0 Å². The highest BCUT2D eigenvalue weighted by Crippen LogP contribution is 2.22. The van der Waals surface area contributed by atoms with E-state index in [9.17, 15) is 0 Å². The van der Waals surface area contributed by atoms with E-state index in [1.54, 1.807) is 6.07 Å². The summed E-state index contributed by atoms with van der Waals surface area (Å²) in [6, 6.07) is 20.0. The number of hydrogen-bond acceptors (Lipinski definition) is 4. The van der Waals surface area contributed by atoms with Gasteiger partial charge >= 0.3 is 0 Å². The normalized spacial score (nSPS) is 10.5. The Hall–Kier alpha value is -3.01. The quantitative estimate of drug-likeness (QED) is 0.698.